The van der Waals surface area contributed by atoms with E-state index in [0.29, 0.717) is 5.69 Å². The minimum Gasteiger partial charge on any atom is -0.508 e. The van der Waals surface area contributed by atoms with Crippen LogP contribution in [0.15, 0.2) is 24.3 Å². The Morgan fingerprint density at radius 3 is 2.21 bits per heavy atom. The fourth-order valence-electron chi connectivity index (χ4n) is 1.79. The fraction of sp³-hybridized carbons (Fsp3) is 0.250. The lowest BCUT2D eigenvalue weighted by Gasteiger charge is -2.07. The van der Waals surface area contributed by atoms with Crippen molar-refractivity contribution in [1.82, 2.24) is 9.78 Å². The summed E-state index contributed by atoms with van der Waals surface area (Å²) in [6, 6.07) is 5.68. The molecule has 4 nitrogen and oxygen atoms in total. The number of hydrogen-bond acceptors (Lipinski definition) is 3. The Balaban J connectivity index is 2.60. The Hall–Kier alpha value is -2.18. The van der Waals surface area contributed by atoms with Gasteiger partial charge in [-0.3, -0.25) is 0 Å². The van der Waals surface area contributed by atoms with Crippen LogP contribution in [0.1, 0.15) is 11.3 Å². The maximum atomic E-state index is 12.9. The molecule has 102 valence electrons. The zero-order valence-corrected chi connectivity index (χ0v) is 10.2. The molecule has 0 fully saturated rings. The highest BCUT2D eigenvalue weighted by Gasteiger charge is 2.40. The average Bonchev–Trinajstić information content (AvgIpc) is 2.67. The Kier molecular flexibility index (Phi) is 3.13. The van der Waals surface area contributed by atoms with Crippen LogP contribution in [-0.4, -0.2) is 22.0 Å². The number of phenolic OH excluding ortho intramolecular Hbond substituents is 1. The van der Waals surface area contributed by atoms with E-state index in [0.717, 1.165) is 11.8 Å². The number of methoxy groups -OCH3 is 1. The highest BCUT2D eigenvalue weighted by Crippen LogP contribution is 2.38. The largest absolute Gasteiger partial charge is 0.508 e. The molecule has 0 saturated heterocycles. The first kappa shape index (κ1) is 13.3. The van der Waals surface area contributed by atoms with Crippen LogP contribution in [0.3, 0.4) is 0 Å². The summed E-state index contributed by atoms with van der Waals surface area (Å²) < 4.78 is 44.6. The van der Waals surface area contributed by atoms with E-state index in [1.807, 2.05) is 0 Å². The van der Waals surface area contributed by atoms with Crippen LogP contribution >= 0.6 is 0 Å². The van der Waals surface area contributed by atoms with Crippen LogP contribution < -0.4 is 4.74 Å². The van der Waals surface area contributed by atoms with Crippen molar-refractivity contribution in [3.63, 3.8) is 0 Å². The molecule has 0 bridgehead atoms. The molecule has 2 rings (SSSR count). The van der Waals surface area contributed by atoms with Crippen molar-refractivity contribution in [2.75, 3.05) is 7.11 Å². The molecule has 1 heterocycles. The summed E-state index contributed by atoms with van der Waals surface area (Å²) in [5, 5.41) is 13.0. The van der Waals surface area contributed by atoms with Gasteiger partial charge in [0.25, 0.3) is 0 Å². The summed E-state index contributed by atoms with van der Waals surface area (Å²) in [6.07, 6.45) is -4.54. The molecule has 1 aromatic carbocycles. The van der Waals surface area contributed by atoms with Crippen LogP contribution in [0, 0.1) is 6.92 Å². The zero-order chi connectivity index (χ0) is 14.2. The number of benzene rings is 1. The number of phenols is 1. The molecule has 1 aromatic heterocycles. The first-order valence-electron chi connectivity index (χ1n) is 5.35. The second-order valence-corrected chi connectivity index (χ2v) is 3.90. The van der Waals surface area contributed by atoms with Crippen LogP contribution in [0.25, 0.3) is 5.69 Å². The smallest absolute Gasteiger partial charge is 0.423 e. The van der Waals surface area contributed by atoms with Crippen LogP contribution in [0.5, 0.6) is 11.6 Å². The summed E-state index contributed by atoms with van der Waals surface area (Å²) in [5.74, 6) is -0.449. The molecule has 0 radical (unpaired) electrons. The quantitative estimate of drug-likeness (QED) is 0.914. The third-order valence-electron chi connectivity index (χ3n) is 2.66. The SMILES string of the molecule is COc1nn(-c2ccc(O)cc2)c(C)c1C(F)(F)F. The Bertz CT molecular complexity index is 588. The molecule has 0 saturated carbocycles. The van der Waals surface area contributed by atoms with Crippen LogP contribution in [-0.2, 0) is 6.18 Å². The lowest BCUT2D eigenvalue weighted by molar-refractivity contribution is -0.139. The number of hydrogen-bond donors (Lipinski definition) is 1. The van der Waals surface area contributed by atoms with E-state index in [9.17, 15) is 18.3 Å². The maximum absolute atomic E-state index is 12.9. The van der Waals surface area contributed by atoms with Gasteiger partial charge in [0.1, 0.15) is 11.3 Å². The molecule has 1 N–H and O–H groups in total. The number of aromatic nitrogens is 2. The van der Waals surface area contributed by atoms with Crippen molar-refractivity contribution in [2.24, 2.45) is 0 Å². The van der Waals surface area contributed by atoms with Crippen molar-refractivity contribution in [3.8, 4) is 17.3 Å². The van der Waals surface area contributed by atoms with Gasteiger partial charge in [-0.1, -0.05) is 0 Å². The van der Waals surface area contributed by atoms with Crippen molar-refractivity contribution < 1.29 is 23.0 Å². The molecule has 2 aromatic rings. The molecule has 0 aliphatic rings. The van der Waals surface area contributed by atoms with Crippen LogP contribution in [0.2, 0.25) is 0 Å². The van der Waals surface area contributed by atoms with Gasteiger partial charge in [-0.2, -0.15) is 13.2 Å². The summed E-state index contributed by atoms with van der Waals surface area (Å²) in [4.78, 5) is 0. The van der Waals surface area contributed by atoms with Crippen LogP contribution in [0.4, 0.5) is 13.2 Å². The monoisotopic (exact) mass is 272 g/mol. The average molecular weight is 272 g/mol. The Morgan fingerprint density at radius 1 is 1.21 bits per heavy atom. The van der Waals surface area contributed by atoms with Gasteiger partial charge in [-0.05, 0) is 31.2 Å². The van der Waals surface area contributed by atoms with E-state index in [1.54, 1.807) is 0 Å². The third-order valence-corrected chi connectivity index (χ3v) is 2.66. The summed E-state index contributed by atoms with van der Waals surface area (Å²) in [7, 11) is 1.14. The predicted molar refractivity (Wildman–Crippen MR) is 61.5 cm³/mol. The highest BCUT2D eigenvalue weighted by molar-refractivity contribution is 5.42. The minimum atomic E-state index is -4.54. The second-order valence-electron chi connectivity index (χ2n) is 3.90. The van der Waals surface area contributed by atoms with E-state index in [4.69, 9.17) is 0 Å². The molecule has 0 aliphatic carbocycles. The normalized spacial score (nSPS) is 11.6. The standard InChI is InChI=1S/C12H11F3N2O2/c1-7-10(12(13,14)15)11(19-2)16-17(7)8-3-5-9(18)6-4-8/h3-6,18H,1-2H3. The molecule has 0 spiro atoms. The molecule has 7 heteroatoms. The maximum Gasteiger partial charge on any atom is 0.423 e. The predicted octanol–water partition coefficient (Wildman–Crippen LogP) is 2.91. The molecule has 0 unspecified atom stereocenters. The number of aromatic hydroxyl groups is 1. The number of halogens is 3. The van der Waals surface area contributed by atoms with Gasteiger partial charge in [-0.15, -0.1) is 5.10 Å². The van der Waals surface area contributed by atoms with Gasteiger partial charge in [0.15, 0.2) is 0 Å². The molecule has 0 aliphatic heterocycles. The first-order valence-corrected chi connectivity index (χ1v) is 5.35. The van der Waals surface area contributed by atoms with Gasteiger partial charge in [0.2, 0.25) is 5.88 Å². The fourth-order valence-corrected chi connectivity index (χ4v) is 1.79. The highest BCUT2D eigenvalue weighted by atomic mass is 19.4. The number of ether oxygens (including phenoxy) is 1. The van der Waals surface area contributed by atoms with Crippen molar-refractivity contribution >= 4 is 0 Å². The van der Waals surface area contributed by atoms with Gasteiger partial charge >= 0.3 is 6.18 Å². The lowest BCUT2D eigenvalue weighted by atomic mass is 10.2. The summed E-state index contributed by atoms with van der Waals surface area (Å²) >= 11 is 0. The molecule has 0 amide bonds. The van der Waals surface area contributed by atoms with Crippen molar-refractivity contribution in [1.29, 1.82) is 0 Å². The Morgan fingerprint density at radius 2 is 1.79 bits per heavy atom. The topological polar surface area (TPSA) is 47.3 Å². The number of nitrogens with zero attached hydrogens (tertiary/aromatic N) is 2. The Labute approximate surface area is 107 Å². The van der Waals surface area contributed by atoms with E-state index >= 15 is 0 Å². The van der Waals surface area contributed by atoms with Crippen molar-refractivity contribution in [2.45, 2.75) is 13.1 Å². The summed E-state index contributed by atoms with van der Waals surface area (Å²) in [5.41, 5.74) is -0.567. The second kappa shape index (κ2) is 4.49. The van der Waals surface area contributed by atoms with Gasteiger partial charge in [0, 0.05) is 0 Å². The molecule has 0 atom stereocenters. The van der Waals surface area contributed by atoms with E-state index in [-0.39, 0.29) is 11.4 Å². The molecule has 19 heavy (non-hydrogen) atoms. The minimum absolute atomic E-state index is 0.0246. The number of rotatable bonds is 2. The van der Waals surface area contributed by atoms with Gasteiger partial charge in [-0.25, -0.2) is 4.68 Å². The zero-order valence-electron chi connectivity index (χ0n) is 10.2. The van der Waals surface area contributed by atoms with E-state index in [1.165, 1.54) is 31.2 Å². The lowest BCUT2D eigenvalue weighted by Crippen LogP contribution is -2.08. The number of alkyl halides is 3. The van der Waals surface area contributed by atoms with Crippen molar-refractivity contribution in [3.05, 3.63) is 35.5 Å². The third kappa shape index (κ3) is 2.35. The van der Waals surface area contributed by atoms with Gasteiger partial charge < -0.3 is 9.84 Å². The summed E-state index contributed by atoms with van der Waals surface area (Å²) in [6.45, 7) is 1.31. The first-order chi connectivity index (χ1) is 8.84. The molecular formula is C12H11F3N2O2. The molecular weight excluding hydrogens is 261 g/mol. The van der Waals surface area contributed by atoms with E-state index in [2.05, 4.69) is 9.84 Å². The van der Waals surface area contributed by atoms with E-state index < -0.39 is 17.6 Å². The van der Waals surface area contributed by atoms with Gasteiger partial charge in [0.05, 0.1) is 18.5 Å².